The number of benzene rings is 1. The first-order valence-corrected chi connectivity index (χ1v) is 11.2. The van der Waals surface area contributed by atoms with Crippen LogP contribution in [0.4, 0.5) is 0 Å². The summed E-state index contributed by atoms with van der Waals surface area (Å²) in [6.07, 6.45) is 0.729. The highest BCUT2D eigenvalue weighted by atomic mass is 32.2. The third kappa shape index (κ3) is 4.15. The summed E-state index contributed by atoms with van der Waals surface area (Å²) in [6, 6.07) is 8.33. The van der Waals surface area contributed by atoms with E-state index in [1.165, 1.54) is 15.2 Å². The Kier molecular flexibility index (Phi) is 5.83. The fourth-order valence-corrected chi connectivity index (χ4v) is 5.56. The van der Waals surface area contributed by atoms with Gasteiger partial charge in [0, 0.05) is 36.6 Å². The Morgan fingerprint density at radius 1 is 1.33 bits per heavy atom. The molecule has 1 aliphatic heterocycles. The van der Waals surface area contributed by atoms with Gasteiger partial charge in [-0.15, -0.1) is 11.3 Å². The lowest BCUT2D eigenvalue weighted by Crippen LogP contribution is -2.35. The molecule has 1 aromatic carbocycles. The number of hydrogen-bond donors (Lipinski definition) is 0. The second-order valence-electron chi connectivity index (χ2n) is 6.76. The van der Waals surface area contributed by atoms with Crippen LogP contribution < -0.4 is 0 Å². The number of nitrogens with zero attached hydrogens (tertiary/aromatic N) is 2. The Bertz CT molecular complexity index is 963. The molecule has 5 nitrogen and oxygen atoms in total. The van der Waals surface area contributed by atoms with E-state index in [1.54, 1.807) is 34.4 Å². The second kappa shape index (κ2) is 7.96. The molecule has 144 valence electrons. The van der Waals surface area contributed by atoms with Gasteiger partial charge in [0.25, 0.3) is 5.91 Å². The molecular weight excluding hydrogens is 380 g/mol. The van der Waals surface area contributed by atoms with Crippen molar-refractivity contribution >= 4 is 27.3 Å². The van der Waals surface area contributed by atoms with Crippen molar-refractivity contribution < 1.29 is 13.2 Å². The van der Waals surface area contributed by atoms with Crippen molar-refractivity contribution in [2.45, 2.75) is 31.7 Å². The van der Waals surface area contributed by atoms with Crippen LogP contribution >= 0.6 is 11.3 Å². The van der Waals surface area contributed by atoms with Gasteiger partial charge in [0.05, 0.1) is 4.90 Å². The third-order valence-corrected chi connectivity index (χ3v) is 7.49. The number of carbonyl (C=O) groups excluding carboxylic acids is 1. The monoisotopic (exact) mass is 404 g/mol. The average Bonchev–Trinajstić information content (AvgIpc) is 3.13. The van der Waals surface area contributed by atoms with Crippen molar-refractivity contribution in [3.8, 4) is 0 Å². The summed E-state index contributed by atoms with van der Waals surface area (Å²) in [5.41, 5.74) is 2.34. The first-order chi connectivity index (χ1) is 12.8. The minimum Gasteiger partial charge on any atom is -0.335 e. The quantitative estimate of drug-likeness (QED) is 0.692. The van der Waals surface area contributed by atoms with Gasteiger partial charge in [-0.25, -0.2) is 8.42 Å². The number of carbonyl (C=O) groups is 1. The molecule has 0 atom stereocenters. The SMILES string of the molecule is C=C(C)CN(CC)C(=O)c1cccc(S(=O)(=O)N2CCc3sccc3C2)c1. The summed E-state index contributed by atoms with van der Waals surface area (Å²) in [7, 11) is -3.64. The van der Waals surface area contributed by atoms with E-state index in [0.29, 0.717) is 31.7 Å². The molecule has 0 N–H and O–H groups in total. The van der Waals surface area contributed by atoms with Crippen molar-refractivity contribution in [2.75, 3.05) is 19.6 Å². The van der Waals surface area contributed by atoms with Gasteiger partial charge in [-0.2, -0.15) is 4.31 Å². The highest BCUT2D eigenvalue weighted by molar-refractivity contribution is 7.89. The summed E-state index contributed by atoms with van der Waals surface area (Å²) in [5.74, 6) is -0.184. The number of likely N-dealkylation sites (N-methyl/N-ethyl adjacent to an activating group) is 1. The van der Waals surface area contributed by atoms with Crippen LogP contribution in [0.25, 0.3) is 0 Å². The van der Waals surface area contributed by atoms with Gasteiger partial charge in [-0.05, 0) is 55.5 Å². The van der Waals surface area contributed by atoms with Crippen LogP contribution in [-0.2, 0) is 23.0 Å². The zero-order chi connectivity index (χ0) is 19.6. The van der Waals surface area contributed by atoms with Gasteiger partial charge in [-0.1, -0.05) is 18.2 Å². The fraction of sp³-hybridized carbons (Fsp3) is 0.350. The van der Waals surface area contributed by atoms with Gasteiger partial charge in [0.15, 0.2) is 0 Å². The Labute approximate surface area is 165 Å². The number of fused-ring (bicyclic) bond motifs is 1. The molecule has 0 fully saturated rings. The summed E-state index contributed by atoms with van der Waals surface area (Å²) in [5, 5.41) is 2.00. The van der Waals surface area contributed by atoms with Crippen LogP contribution in [0.3, 0.4) is 0 Å². The third-order valence-electron chi connectivity index (χ3n) is 4.62. The van der Waals surface area contributed by atoms with Crippen molar-refractivity contribution in [3.63, 3.8) is 0 Å². The lowest BCUT2D eigenvalue weighted by atomic mass is 10.1. The Morgan fingerprint density at radius 2 is 2.11 bits per heavy atom. The Morgan fingerprint density at radius 3 is 2.81 bits per heavy atom. The summed E-state index contributed by atoms with van der Waals surface area (Å²) in [4.78, 5) is 15.9. The predicted molar refractivity (Wildman–Crippen MR) is 108 cm³/mol. The molecule has 2 heterocycles. The van der Waals surface area contributed by atoms with Crippen molar-refractivity contribution in [1.82, 2.24) is 9.21 Å². The van der Waals surface area contributed by atoms with Crippen LogP contribution in [0.1, 0.15) is 34.6 Å². The first kappa shape index (κ1) is 19.8. The molecular formula is C20H24N2O3S2. The van der Waals surface area contributed by atoms with E-state index < -0.39 is 10.0 Å². The lowest BCUT2D eigenvalue weighted by Gasteiger charge is -2.26. The molecule has 0 saturated heterocycles. The zero-order valence-electron chi connectivity index (χ0n) is 15.6. The van der Waals surface area contributed by atoms with Crippen molar-refractivity contribution in [2.24, 2.45) is 0 Å². The maximum absolute atomic E-state index is 13.1. The van der Waals surface area contributed by atoms with E-state index >= 15 is 0 Å². The summed E-state index contributed by atoms with van der Waals surface area (Å²) in [6.45, 7) is 9.46. The number of amides is 1. The molecule has 0 spiro atoms. The molecule has 0 saturated carbocycles. The molecule has 2 aromatic rings. The number of thiophene rings is 1. The molecule has 1 aromatic heterocycles. The van der Waals surface area contributed by atoms with E-state index in [-0.39, 0.29) is 10.8 Å². The van der Waals surface area contributed by atoms with E-state index in [0.717, 1.165) is 17.6 Å². The lowest BCUT2D eigenvalue weighted by molar-refractivity contribution is 0.0778. The standard InChI is InChI=1S/C20H24N2O3S2/c1-4-21(13-15(2)3)20(23)16-6-5-7-18(12-16)27(24,25)22-10-8-19-17(14-22)9-11-26-19/h5-7,9,11-12H,2,4,8,10,13-14H2,1,3H3. The van der Waals surface area contributed by atoms with Gasteiger partial charge in [-0.3, -0.25) is 4.79 Å². The molecule has 27 heavy (non-hydrogen) atoms. The van der Waals surface area contributed by atoms with Gasteiger partial charge in [0.1, 0.15) is 0 Å². The molecule has 0 aliphatic carbocycles. The topological polar surface area (TPSA) is 57.7 Å². The van der Waals surface area contributed by atoms with E-state index in [4.69, 9.17) is 0 Å². The number of rotatable bonds is 6. The average molecular weight is 405 g/mol. The number of sulfonamides is 1. The van der Waals surface area contributed by atoms with Crippen LogP contribution in [-0.4, -0.2) is 43.2 Å². The molecule has 7 heteroatoms. The van der Waals surface area contributed by atoms with Crippen LogP contribution in [0.2, 0.25) is 0 Å². The Hall–Kier alpha value is -1.96. The van der Waals surface area contributed by atoms with Crippen LogP contribution in [0.5, 0.6) is 0 Å². The zero-order valence-corrected chi connectivity index (χ0v) is 17.3. The highest BCUT2D eigenvalue weighted by Crippen LogP contribution is 2.28. The van der Waals surface area contributed by atoms with E-state index in [1.807, 2.05) is 25.3 Å². The fourth-order valence-electron chi connectivity index (χ4n) is 3.20. The Balaban J connectivity index is 1.86. The van der Waals surface area contributed by atoms with Crippen molar-refractivity contribution in [3.05, 3.63) is 63.9 Å². The maximum Gasteiger partial charge on any atom is 0.254 e. The first-order valence-electron chi connectivity index (χ1n) is 8.92. The smallest absolute Gasteiger partial charge is 0.254 e. The summed E-state index contributed by atoms with van der Waals surface area (Å²) < 4.78 is 27.7. The summed E-state index contributed by atoms with van der Waals surface area (Å²) >= 11 is 1.67. The maximum atomic E-state index is 13.1. The second-order valence-corrected chi connectivity index (χ2v) is 9.70. The van der Waals surface area contributed by atoms with Crippen molar-refractivity contribution in [1.29, 1.82) is 0 Å². The molecule has 1 aliphatic rings. The van der Waals surface area contributed by atoms with Gasteiger partial charge < -0.3 is 4.90 Å². The van der Waals surface area contributed by atoms with Crippen LogP contribution in [0, 0.1) is 0 Å². The highest BCUT2D eigenvalue weighted by Gasteiger charge is 2.29. The van der Waals surface area contributed by atoms with Gasteiger partial charge >= 0.3 is 0 Å². The molecule has 3 rings (SSSR count). The van der Waals surface area contributed by atoms with E-state index in [9.17, 15) is 13.2 Å². The normalized spacial score (nSPS) is 14.6. The van der Waals surface area contributed by atoms with E-state index in [2.05, 4.69) is 6.58 Å². The number of hydrogen-bond acceptors (Lipinski definition) is 4. The minimum absolute atomic E-state index is 0.165. The molecule has 0 bridgehead atoms. The van der Waals surface area contributed by atoms with Crippen LogP contribution in [0.15, 0.2) is 52.8 Å². The largest absolute Gasteiger partial charge is 0.335 e. The molecule has 0 unspecified atom stereocenters. The molecule has 1 amide bonds. The predicted octanol–water partition coefficient (Wildman–Crippen LogP) is 3.53. The molecule has 0 radical (unpaired) electrons. The van der Waals surface area contributed by atoms with Gasteiger partial charge in [0.2, 0.25) is 10.0 Å². The minimum atomic E-state index is -3.64.